The van der Waals surface area contributed by atoms with Crippen molar-refractivity contribution in [2.75, 3.05) is 6.61 Å². The van der Waals surface area contributed by atoms with Gasteiger partial charge in [-0.2, -0.15) is 0 Å². The van der Waals surface area contributed by atoms with E-state index in [0.29, 0.717) is 0 Å². The number of carbonyl (C=O) groups is 2. The Morgan fingerprint density at radius 3 is 2.54 bits per heavy atom. The number of nitrogens with one attached hydrogen (secondary N) is 1. The summed E-state index contributed by atoms with van der Waals surface area (Å²) in [6, 6.07) is 0. The number of nitrogens with zero attached hydrogens (tertiary/aromatic N) is 1. The summed E-state index contributed by atoms with van der Waals surface area (Å²) in [5, 5.41) is 3.33. The van der Waals surface area contributed by atoms with Crippen molar-refractivity contribution in [3.05, 3.63) is 0 Å². The summed E-state index contributed by atoms with van der Waals surface area (Å²) in [6.07, 6.45) is 0.277. The third-order valence-electron chi connectivity index (χ3n) is 1.11. The average molecular weight is 187 g/mol. The molecule has 13 heavy (non-hydrogen) atoms. The first-order chi connectivity index (χ1) is 6.11. The molecule has 74 valence electrons. The molecule has 0 aromatic rings. The number of hydrazone groups is 1. The molecule has 6 nitrogen and oxygen atoms in total. The van der Waals surface area contributed by atoms with Crippen molar-refractivity contribution in [2.24, 2.45) is 10.8 Å². The first kappa shape index (κ1) is 11.4. The number of nitrogens with two attached hydrogens (primary N) is 1. The van der Waals surface area contributed by atoms with Crippen LogP contribution in [0, 0.1) is 0 Å². The van der Waals surface area contributed by atoms with Crippen molar-refractivity contribution in [3.8, 4) is 0 Å². The number of amides is 1. The zero-order chi connectivity index (χ0) is 10.3. The smallest absolute Gasteiger partial charge is 0.375 e. The summed E-state index contributed by atoms with van der Waals surface area (Å²) < 4.78 is 4.52. The Morgan fingerprint density at radius 1 is 1.46 bits per heavy atom. The number of carbonyl (C=O) groups excluding carboxylic acids is 2. The van der Waals surface area contributed by atoms with Crippen LogP contribution in [0.25, 0.3) is 0 Å². The van der Waals surface area contributed by atoms with Crippen molar-refractivity contribution >= 4 is 17.7 Å². The van der Waals surface area contributed by atoms with E-state index in [0.717, 1.165) is 0 Å². The molecule has 6 heteroatoms. The lowest BCUT2D eigenvalue weighted by Gasteiger charge is -2.00. The molecule has 0 saturated carbocycles. The second kappa shape index (κ2) is 5.99. The van der Waals surface area contributed by atoms with E-state index in [1.54, 1.807) is 13.8 Å². The van der Waals surface area contributed by atoms with Crippen LogP contribution in [-0.2, 0) is 14.3 Å². The van der Waals surface area contributed by atoms with Gasteiger partial charge in [-0.1, -0.05) is 6.92 Å². The summed E-state index contributed by atoms with van der Waals surface area (Å²) in [7, 11) is 0. The maximum absolute atomic E-state index is 10.8. The van der Waals surface area contributed by atoms with Crippen LogP contribution in [0.5, 0.6) is 0 Å². The van der Waals surface area contributed by atoms with Crippen molar-refractivity contribution in [1.82, 2.24) is 5.43 Å². The Labute approximate surface area is 76.1 Å². The minimum Gasteiger partial charge on any atom is -0.460 e. The van der Waals surface area contributed by atoms with Crippen LogP contribution in [0.15, 0.2) is 5.10 Å². The molecule has 0 aliphatic rings. The van der Waals surface area contributed by atoms with Crippen molar-refractivity contribution in [2.45, 2.75) is 20.3 Å². The number of ether oxygens (including phenoxy) is 1. The second-order valence-electron chi connectivity index (χ2n) is 2.11. The predicted molar refractivity (Wildman–Crippen MR) is 46.7 cm³/mol. The van der Waals surface area contributed by atoms with Gasteiger partial charge < -0.3 is 10.5 Å². The predicted octanol–water partition coefficient (Wildman–Crippen LogP) is -0.652. The Morgan fingerprint density at radius 2 is 2.08 bits per heavy atom. The first-order valence-corrected chi connectivity index (χ1v) is 3.90. The highest BCUT2D eigenvalue weighted by Gasteiger charge is 2.07. The topological polar surface area (TPSA) is 93.8 Å². The van der Waals surface area contributed by atoms with Gasteiger partial charge in [-0.3, -0.25) is 4.79 Å². The van der Waals surface area contributed by atoms with Crippen LogP contribution in [0.4, 0.5) is 0 Å². The molecule has 0 rings (SSSR count). The number of amidine groups is 1. The lowest BCUT2D eigenvalue weighted by Crippen LogP contribution is -2.30. The summed E-state index contributed by atoms with van der Waals surface area (Å²) >= 11 is 0. The standard InChI is InChI=1S/C7H13N3O3/c1-3-5(11)9-10-6(8)7(12)13-4-2/h3-4H2,1-2H3,(H2,8,10)(H,9,11). The Bertz CT molecular complexity index is 225. The van der Waals surface area contributed by atoms with Gasteiger partial charge in [0.05, 0.1) is 6.61 Å². The monoisotopic (exact) mass is 187 g/mol. The summed E-state index contributed by atoms with van der Waals surface area (Å²) in [6.45, 7) is 3.53. The maximum Gasteiger partial charge on any atom is 0.375 e. The van der Waals surface area contributed by atoms with Gasteiger partial charge in [0.1, 0.15) is 0 Å². The maximum atomic E-state index is 10.8. The van der Waals surface area contributed by atoms with Crippen LogP contribution >= 0.6 is 0 Å². The molecule has 3 N–H and O–H groups in total. The fraction of sp³-hybridized carbons (Fsp3) is 0.571. The lowest BCUT2D eigenvalue weighted by atomic mass is 10.5. The largest absolute Gasteiger partial charge is 0.460 e. The minimum absolute atomic E-state index is 0.219. The van der Waals surface area contributed by atoms with Crippen LogP contribution in [-0.4, -0.2) is 24.3 Å². The molecule has 0 radical (unpaired) electrons. The van der Waals surface area contributed by atoms with Crippen molar-refractivity contribution < 1.29 is 14.3 Å². The molecular weight excluding hydrogens is 174 g/mol. The molecule has 1 amide bonds. The van der Waals surface area contributed by atoms with E-state index in [2.05, 4.69) is 15.3 Å². The van der Waals surface area contributed by atoms with E-state index in [4.69, 9.17) is 5.73 Å². The highest BCUT2D eigenvalue weighted by Crippen LogP contribution is 1.79. The fourth-order valence-electron chi connectivity index (χ4n) is 0.452. The first-order valence-electron chi connectivity index (χ1n) is 3.90. The molecule has 0 atom stereocenters. The Balaban J connectivity index is 4.01. The van der Waals surface area contributed by atoms with Gasteiger partial charge in [-0.05, 0) is 6.92 Å². The zero-order valence-electron chi connectivity index (χ0n) is 7.66. The molecule has 0 unspecified atom stereocenters. The molecule has 0 aliphatic carbocycles. The van der Waals surface area contributed by atoms with Crippen molar-refractivity contribution in [1.29, 1.82) is 0 Å². The quantitative estimate of drug-likeness (QED) is 0.265. The van der Waals surface area contributed by atoms with Gasteiger partial charge in [0.15, 0.2) is 0 Å². The van der Waals surface area contributed by atoms with E-state index < -0.39 is 5.97 Å². The van der Waals surface area contributed by atoms with Gasteiger partial charge in [0, 0.05) is 6.42 Å². The Hall–Kier alpha value is -1.59. The zero-order valence-corrected chi connectivity index (χ0v) is 7.66. The number of hydrogen-bond donors (Lipinski definition) is 2. The Kier molecular flexibility index (Phi) is 5.25. The minimum atomic E-state index is -0.737. The number of esters is 1. The molecular formula is C7H13N3O3. The highest BCUT2D eigenvalue weighted by molar-refractivity contribution is 6.34. The van der Waals surface area contributed by atoms with Crippen LogP contribution in [0.2, 0.25) is 0 Å². The summed E-state index contributed by atoms with van der Waals surface area (Å²) in [4.78, 5) is 21.5. The van der Waals surface area contributed by atoms with Crippen LogP contribution in [0.3, 0.4) is 0 Å². The summed E-state index contributed by atoms with van der Waals surface area (Å²) in [5.74, 6) is -1.41. The van der Waals surface area contributed by atoms with Gasteiger partial charge in [-0.15, -0.1) is 5.10 Å². The van der Waals surface area contributed by atoms with Crippen LogP contribution in [0.1, 0.15) is 20.3 Å². The molecule has 0 aliphatic heterocycles. The molecule has 0 aromatic carbocycles. The third kappa shape index (κ3) is 4.78. The lowest BCUT2D eigenvalue weighted by molar-refractivity contribution is -0.135. The van der Waals surface area contributed by atoms with E-state index in [1.807, 2.05) is 0 Å². The van der Waals surface area contributed by atoms with Gasteiger partial charge in [0.2, 0.25) is 11.7 Å². The van der Waals surface area contributed by atoms with Crippen molar-refractivity contribution in [3.63, 3.8) is 0 Å². The molecule has 0 spiro atoms. The third-order valence-corrected chi connectivity index (χ3v) is 1.11. The second-order valence-corrected chi connectivity index (χ2v) is 2.11. The molecule has 0 bridgehead atoms. The molecule has 0 fully saturated rings. The van der Waals surface area contributed by atoms with E-state index in [1.165, 1.54) is 0 Å². The molecule has 0 aromatic heterocycles. The summed E-state index contributed by atoms with van der Waals surface area (Å²) in [5.41, 5.74) is 7.26. The van der Waals surface area contributed by atoms with Gasteiger partial charge in [-0.25, -0.2) is 10.2 Å². The number of hydrogen-bond acceptors (Lipinski definition) is 4. The van der Waals surface area contributed by atoms with Gasteiger partial charge >= 0.3 is 5.97 Å². The fourth-order valence-corrected chi connectivity index (χ4v) is 0.452. The normalized spacial score (nSPS) is 10.8. The van der Waals surface area contributed by atoms with E-state index in [-0.39, 0.29) is 24.8 Å². The SMILES string of the molecule is CCOC(=O)/C(N)=N/NC(=O)CC. The molecule has 0 saturated heterocycles. The number of rotatable bonds is 3. The van der Waals surface area contributed by atoms with Crippen LogP contribution < -0.4 is 11.2 Å². The van der Waals surface area contributed by atoms with Gasteiger partial charge in [0.25, 0.3) is 0 Å². The van der Waals surface area contributed by atoms with E-state index in [9.17, 15) is 9.59 Å². The van der Waals surface area contributed by atoms with E-state index >= 15 is 0 Å². The molecule has 0 heterocycles. The highest BCUT2D eigenvalue weighted by atomic mass is 16.5. The average Bonchev–Trinajstić information content (AvgIpc) is 2.13.